The topological polar surface area (TPSA) is 82.6 Å². The van der Waals surface area contributed by atoms with Crippen molar-refractivity contribution < 1.29 is 23.9 Å². The van der Waals surface area contributed by atoms with Gasteiger partial charge in [0.2, 0.25) is 0 Å². The van der Waals surface area contributed by atoms with Crippen molar-refractivity contribution in [3.63, 3.8) is 0 Å². The largest absolute Gasteiger partial charge is 0.444 e. The fourth-order valence-electron chi connectivity index (χ4n) is 9.53. The molecule has 7 atom stereocenters. The molecule has 6 fully saturated rings. The zero-order valence-corrected chi connectivity index (χ0v) is 25.8. The maximum atomic E-state index is 14.3. The second kappa shape index (κ2) is 9.68. The molecule has 9 heteroatoms. The first kappa shape index (κ1) is 28.1. The molecule has 0 aromatic heterocycles. The molecule has 4 aliphatic heterocycles. The van der Waals surface area contributed by atoms with Gasteiger partial charge in [0.15, 0.2) is 0 Å². The van der Waals surface area contributed by atoms with Gasteiger partial charge in [-0.05, 0) is 78.2 Å². The van der Waals surface area contributed by atoms with Crippen molar-refractivity contribution in [2.24, 2.45) is 11.3 Å². The van der Waals surface area contributed by atoms with Gasteiger partial charge in [-0.1, -0.05) is 30.3 Å². The Morgan fingerprint density at radius 1 is 1.10 bits per heavy atom. The minimum absolute atomic E-state index is 0.00482. The molecule has 0 radical (unpaired) electrons. The lowest BCUT2D eigenvalue weighted by atomic mass is 9.53. The van der Waals surface area contributed by atoms with Gasteiger partial charge in [-0.2, -0.15) is 0 Å². The maximum Gasteiger partial charge on any atom is 0.410 e. The third-order valence-electron chi connectivity index (χ3n) is 11.2. The molecule has 228 valence electrons. The lowest BCUT2D eigenvalue weighted by Gasteiger charge is -2.69. The number of amides is 4. The number of benzene rings is 1. The minimum atomic E-state index is -0.761. The molecule has 0 bridgehead atoms. The van der Waals surface area contributed by atoms with E-state index in [2.05, 4.69) is 29.2 Å². The van der Waals surface area contributed by atoms with E-state index in [1.54, 1.807) is 4.90 Å². The van der Waals surface area contributed by atoms with Gasteiger partial charge in [-0.15, -0.1) is 0 Å². The highest BCUT2D eigenvalue weighted by molar-refractivity contribution is 6.08. The van der Waals surface area contributed by atoms with Crippen LogP contribution in [0.4, 0.5) is 9.59 Å². The Morgan fingerprint density at radius 3 is 2.48 bits per heavy atom. The van der Waals surface area contributed by atoms with E-state index in [1.165, 1.54) is 5.56 Å². The Labute approximate surface area is 249 Å². The van der Waals surface area contributed by atoms with Gasteiger partial charge < -0.3 is 19.3 Å². The summed E-state index contributed by atoms with van der Waals surface area (Å²) in [4.78, 5) is 49.3. The van der Waals surface area contributed by atoms with Gasteiger partial charge in [0.05, 0.1) is 12.6 Å². The summed E-state index contributed by atoms with van der Waals surface area (Å²) in [6.45, 7) is 13.1. The molecule has 6 unspecified atom stereocenters. The highest BCUT2D eigenvalue weighted by atomic mass is 16.6. The van der Waals surface area contributed by atoms with E-state index in [0.717, 1.165) is 32.2 Å². The van der Waals surface area contributed by atoms with Crippen LogP contribution < -0.4 is 0 Å². The van der Waals surface area contributed by atoms with Crippen LogP contribution in [0.3, 0.4) is 0 Å². The molecule has 4 amide bonds. The number of urea groups is 1. The van der Waals surface area contributed by atoms with Crippen LogP contribution in [0.1, 0.15) is 78.2 Å². The highest BCUT2D eigenvalue weighted by Gasteiger charge is 2.77. The first-order valence-corrected chi connectivity index (χ1v) is 16.0. The molecule has 9 nitrogen and oxygen atoms in total. The summed E-state index contributed by atoms with van der Waals surface area (Å²) in [5.74, 6) is 0.499. The Morgan fingerprint density at radius 2 is 1.86 bits per heavy atom. The first-order valence-electron chi connectivity index (χ1n) is 16.0. The zero-order chi connectivity index (χ0) is 29.6. The first-order chi connectivity index (χ1) is 19.9. The molecule has 1 aromatic rings. The number of likely N-dealkylation sites (tertiary alicyclic amines) is 2. The van der Waals surface area contributed by atoms with Crippen LogP contribution >= 0.6 is 0 Å². The van der Waals surface area contributed by atoms with E-state index < -0.39 is 11.1 Å². The van der Waals surface area contributed by atoms with E-state index in [9.17, 15) is 14.4 Å². The molecular formula is C33H46N4O5. The summed E-state index contributed by atoms with van der Waals surface area (Å²) < 4.78 is 11.4. The van der Waals surface area contributed by atoms with Gasteiger partial charge in [0.1, 0.15) is 11.1 Å². The summed E-state index contributed by atoms with van der Waals surface area (Å²) in [6.07, 6.45) is 4.21. The molecule has 4 saturated heterocycles. The number of hydrogen-bond donors (Lipinski definition) is 0. The van der Waals surface area contributed by atoms with Crippen LogP contribution in [0, 0.1) is 11.3 Å². The predicted octanol–water partition coefficient (Wildman–Crippen LogP) is 4.46. The number of piperidine rings is 1. The zero-order valence-electron chi connectivity index (χ0n) is 25.8. The predicted molar refractivity (Wildman–Crippen MR) is 157 cm³/mol. The summed E-state index contributed by atoms with van der Waals surface area (Å²) in [5, 5.41) is 0. The fourth-order valence-corrected chi connectivity index (χ4v) is 9.53. The molecule has 7 rings (SSSR count). The van der Waals surface area contributed by atoms with Crippen LogP contribution in [-0.2, 0) is 14.3 Å². The average Bonchev–Trinajstić information content (AvgIpc) is 3.68. The van der Waals surface area contributed by atoms with Gasteiger partial charge in [0.25, 0.3) is 5.91 Å². The Kier molecular flexibility index (Phi) is 6.48. The van der Waals surface area contributed by atoms with Crippen LogP contribution in [0.5, 0.6) is 0 Å². The maximum absolute atomic E-state index is 14.3. The van der Waals surface area contributed by atoms with Crippen LogP contribution in [0.25, 0.3) is 0 Å². The second-order valence-electron chi connectivity index (χ2n) is 15.0. The lowest BCUT2D eigenvalue weighted by Crippen LogP contribution is -2.75. The van der Waals surface area contributed by atoms with Crippen molar-refractivity contribution in [2.75, 3.05) is 32.8 Å². The summed E-state index contributed by atoms with van der Waals surface area (Å²) >= 11 is 0. The Hall–Kier alpha value is -2.65. The Bertz CT molecular complexity index is 1260. The number of hydrogen-bond acceptors (Lipinski definition) is 6. The number of carbonyl (C=O) groups is 3. The van der Waals surface area contributed by atoms with E-state index in [-0.39, 0.29) is 53.4 Å². The van der Waals surface area contributed by atoms with E-state index >= 15 is 0 Å². The summed E-state index contributed by atoms with van der Waals surface area (Å²) in [7, 11) is 0. The number of carbonyl (C=O) groups excluding carboxylic acids is 3. The smallest absolute Gasteiger partial charge is 0.410 e. The lowest BCUT2D eigenvalue weighted by molar-refractivity contribution is -0.193. The number of imide groups is 1. The van der Waals surface area contributed by atoms with Crippen molar-refractivity contribution in [3.8, 4) is 0 Å². The van der Waals surface area contributed by atoms with Crippen LogP contribution in [0.2, 0.25) is 0 Å². The van der Waals surface area contributed by atoms with E-state index in [4.69, 9.17) is 9.47 Å². The highest BCUT2D eigenvalue weighted by Crippen LogP contribution is 2.69. The van der Waals surface area contributed by atoms with Gasteiger partial charge in [-0.3, -0.25) is 14.6 Å². The standard InChI is InChI=1S/C33H46N4O5/c1-21(2)37-29(39)36(24-12-14-41-19-24)28(38)33(37)15-27-32(20-33)13-11-26(32)35(27)17-23-16-34(30(40)42-31(3,4)5)18-25(23)22-9-7-6-8-10-22/h6-10,21,23-27H,11-20H2,1-5H3/t23-,24?,25?,26?,27?,32?,33?/m1/s1. The molecule has 2 spiro atoms. The van der Waals surface area contributed by atoms with Crippen LogP contribution in [0.15, 0.2) is 30.3 Å². The normalized spacial score (nSPS) is 37.9. The molecule has 4 heterocycles. The molecule has 0 N–H and O–H groups in total. The van der Waals surface area contributed by atoms with Crippen molar-refractivity contribution in [1.29, 1.82) is 0 Å². The number of ether oxygens (including phenoxy) is 2. The average molecular weight is 579 g/mol. The molecule has 2 saturated carbocycles. The summed E-state index contributed by atoms with van der Waals surface area (Å²) in [6, 6.07) is 10.9. The SMILES string of the molecule is CC(C)N1C(=O)N(C2CCOC2)C(=O)C12CC1N(C[C@H]3CN(C(=O)OC(C)(C)C)CC3c3ccccc3)C3CCC31C2. The van der Waals surface area contributed by atoms with Gasteiger partial charge in [0, 0.05) is 55.7 Å². The molecular weight excluding hydrogens is 532 g/mol. The third-order valence-corrected chi connectivity index (χ3v) is 11.2. The van der Waals surface area contributed by atoms with Gasteiger partial charge >= 0.3 is 12.1 Å². The number of nitrogens with zero attached hydrogens (tertiary/aromatic N) is 4. The van der Waals surface area contributed by atoms with Crippen molar-refractivity contribution in [3.05, 3.63) is 35.9 Å². The van der Waals surface area contributed by atoms with Gasteiger partial charge in [-0.25, -0.2) is 9.59 Å². The quantitative estimate of drug-likeness (QED) is 0.480. The Balaban J connectivity index is 1.14. The van der Waals surface area contributed by atoms with Crippen molar-refractivity contribution in [1.82, 2.24) is 19.6 Å². The summed E-state index contributed by atoms with van der Waals surface area (Å²) in [5.41, 5.74) is 0.0683. The van der Waals surface area contributed by atoms with Crippen molar-refractivity contribution in [2.45, 2.75) is 108 Å². The molecule has 1 aromatic carbocycles. The van der Waals surface area contributed by atoms with E-state index in [0.29, 0.717) is 38.8 Å². The molecule has 2 aliphatic carbocycles. The molecule has 42 heavy (non-hydrogen) atoms. The monoisotopic (exact) mass is 578 g/mol. The third kappa shape index (κ3) is 4.05. The second-order valence-corrected chi connectivity index (χ2v) is 15.0. The molecule has 6 aliphatic rings. The van der Waals surface area contributed by atoms with Crippen LogP contribution in [-0.4, -0.2) is 106 Å². The fraction of sp³-hybridized carbons (Fsp3) is 0.727. The van der Waals surface area contributed by atoms with Crippen molar-refractivity contribution >= 4 is 18.0 Å². The number of rotatable bonds is 5. The van der Waals surface area contributed by atoms with E-state index in [1.807, 2.05) is 50.5 Å². The minimum Gasteiger partial charge on any atom is -0.444 e.